The van der Waals surface area contributed by atoms with E-state index in [0.717, 1.165) is 32.1 Å². The topological polar surface area (TPSA) is 85.8 Å². The van der Waals surface area contributed by atoms with Crippen LogP contribution in [0.2, 0.25) is 0 Å². The second-order valence-electron chi connectivity index (χ2n) is 6.57. The molecule has 1 atom stereocenters. The lowest BCUT2D eigenvalue weighted by Crippen LogP contribution is -2.39. The Morgan fingerprint density at radius 2 is 2.00 bits per heavy atom. The summed E-state index contributed by atoms with van der Waals surface area (Å²) in [6, 6.07) is 4.64. The molecule has 1 fully saturated rings. The van der Waals surface area contributed by atoms with Crippen LogP contribution in [0, 0.1) is 0 Å². The van der Waals surface area contributed by atoms with Crippen molar-refractivity contribution in [1.82, 2.24) is 20.3 Å². The Hall–Kier alpha value is -0.430. The van der Waals surface area contributed by atoms with Gasteiger partial charge in [-0.25, -0.2) is 13.1 Å². The maximum atomic E-state index is 11.4. The molecule has 0 amide bonds. The fraction of sp³-hybridized carbons (Fsp3) is 0.722. The van der Waals surface area contributed by atoms with Gasteiger partial charge in [0.1, 0.15) is 0 Å². The Bertz CT molecular complexity index is 662. The maximum absolute atomic E-state index is 11.4. The molecule has 2 rings (SSSR count). The number of halogens is 1. The third-order valence-electron chi connectivity index (χ3n) is 4.57. The lowest BCUT2D eigenvalue weighted by Gasteiger charge is -2.25. The van der Waals surface area contributed by atoms with E-state index in [-0.39, 0.29) is 29.7 Å². The number of hydrogen-bond acceptors (Lipinski definition) is 5. The predicted octanol–water partition coefficient (Wildman–Crippen LogP) is 2.39. The van der Waals surface area contributed by atoms with Gasteiger partial charge >= 0.3 is 0 Å². The minimum atomic E-state index is -3.11. The first kappa shape index (κ1) is 25.6. The number of sulfonamides is 1. The number of guanidine groups is 1. The van der Waals surface area contributed by atoms with E-state index >= 15 is 0 Å². The van der Waals surface area contributed by atoms with Gasteiger partial charge in [-0.2, -0.15) is 0 Å². The van der Waals surface area contributed by atoms with Crippen LogP contribution in [0.3, 0.4) is 0 Å². The molecule has 1 unspecified atom stereocenters. The summed E-state index contributed by atoms with van der Waals surface area (Å²) >= 11 is 1.79. The minimum Gasteiger partial charge on any atom is -0.357 e. The first-order chi connectivity index (χ1) is 13.1. The molecule has 2 heterocycles. The highest BCUT2D eigenvalue weighted by molar-refractivity contribution is 14.0. The molecule has 3 N–H and O–H groups in total. The summed E-state index contributed by atoms with van der Waals surface area (Å²) in [6.45, 7) is 8.59. The van der Waals surface area contributed by atoms with Gasteiger partial charge in [0.05, 0.1) is 18.3 Å². The first-order valence-electron chi connectivity index (χ1n) is 9.82. The van der Waals surface area contributed by atoms with E-state index in [1.807, 2.05) is 6.92 Å². The van der Waals surface area contributed by atoms with Crippen LogP contribution in [-0.2, 0) is 10.0 Å². The molecule has 10 heteroatoms. The van der Waals surface area contributed by atoms with E-state index in [0.29, 0.717) is 25.6 Å². The number of likely N-dealkylation sites (tertiary alicyclic amines) is 1. The van der Waals surface area contributed by atoms with Crippen LogP contribution in [0.15, 0.2) is 22.5 Å². The summed E-state index contributed by atoms with van der Waals surface area (Å²) in [5.74, 6) is 0.905. The van der Waals surface area contributed by atoms with E-state index in [1.54, 1.807) is 18.3 Å². The molecule has 7 nitrogen and oxygen atoms in total. The summed E-state index contributed by atoms with van der Waals surface area (Å²) in [7, 11) is -3.11. The number of aliphatic imine (C=N–C) groups is 1. The minimum absolute atomic E-state index is 0. The molecule has 0 spiro atoms. The highest BCUT2D eigenvalue weighted by atomic mass is 127. The van der Waals surface area contributed by atoms with Crippen LogP contribution in [0.1, 0.15) is 44.0 Å². The summed E-state index contributed by atoms with van der Waals surface area (Å²) in [5, 5.41) is 8.71. The summed E-state index contributed by atoms with van der Waals surface area (Å²) < 4.78 is 25.5. The van der Waals surface area contributed by atoms with E-state index in [1.165, 1.54) is 17.7 Å². The SMILES string of the molecule is CCNC(=NCC(c1cccs1)N1CCCC1)NCCCNS(=O)(=O)CC.I. The van der Waals surface area contributed by atoms with Crippen LogP contribution in [0.5, 0.6) is 0 Å². The van der Waals surface area contributed by atoms with Crippen molar-refractivity contribution >= 4 is 51.3 Å². The van der Waals surface area contributed by atoms with Gasteiger partial charge in [-0.15, -0.1) is 35.3 Å². The standard InChI is InChI=1S/C18H33N5O2S2.HI/c1-3-19-18(20-10-8-11-22-27(24,25)4-2)21-15-16(17-9-7-14-26-17)23-12-5-6-13-23;/h7,9,14,16,22H,3-6,8,10-13,15H2,1-2H3,(H2,19,20,21);1H. The lowest BCUT2D eigenvalue weighted by atomic mass is 10.2. The monoisotopic (exact) mass is 543 g/mol. The maximum Gasteiger partial charge on any atom is 0.211 e. The molecule has 1 aliphatic rings. The highest BCUT2D eigenvalue weighted by Crippen LogP contribution is 2.28. The molecule has 0 radical (unpaired) electrons. The smallest absolute Gasteiger partial charge is 0.211 e. The average Bonchev–Trinajstić information content (AvgIpc) is 3.36. The average molecular weight is 544 g/mol. The molecule has 1 saturated heterocycles. The van der Waals surface area contributed by atoms with Crippen LogP contribution >= 0.6 is 35.3 Å². The Morgan fingerprint density at radius 3 is 2.61 bits per heavy atom. The fourth-order valence-corrected chi connectivity index (χ4v) is 4.58. The summed E-state index contributed by atoms with van der Waals surface area (Å²) in [6.07, 6.45) is 3.24. The van der Waals surface area contributed by atoms with Crippen LogP contribution in [-0.4, -0.2) is 64.3 Å². The zero-order valence-electron chi connectivity index (χ0n) is 16.8. The van der Waals surface area contributed by atoms with E-state index in [2.05, 4.69) is 37.8 Å². The van der Waals surface area contributed by atoms with Crippen LogP contribution < -0.4 is 15.4 Å². The van der Waals surface area contributed by atoms with Crippen molar-refractivity contribution in [3.05, 3.63) is 22.4 Å². The molecular weight excluding hydrogens is 509 g/mol. The molecule has 162 valence electrons. The number of nitrogens with zero attached hydrogens (tertiary/aromatic N) is 2. The van der Waals surface area contributed by atoms with Crippen molar-refractivity contribution in [3.63, 3.8) is 0 Å². The largest absolute Gasteiger partial charge is 0.357 e. The van der Waals surface area contributed by atoms with Crippen molar-refractivity contribution in [2.75, 3.05) is 45.0 Å². The highest BCUT2D eigenvalue weighted by Gasteiger charge is 2.24. The zero-order chi connectivity index (χ0) is 19.5. The third-order valence-corrected chi connectivity index (χ3v) is 6.95. The fourth-order valence-electron chi connectivity index (χ4n) is 3.06. The number of hydrogen-bond donors (Lipinski definition) is 3. The predicted molar refractivity (Wildman–Crippen MR) is 129 cm³/mol. The number of rotatable bonds is 11. The number of nitrogens with one attached hydrogen (secondary N) is 3. The Kier molecular flexibility index (Phi) is 12.6. The van der Waals surface area contributed by atoms with Gasteiger partial charge < -0.3 is 10.6 Å². The lowest BCUT2D eigenvalue weighted by molar-refractivity contribution is 0.255. The van der Waals surface area contributed by atoms with E-state index in [9.17, 15) is 8.42 Å². The summed E-state index contributed by atoms with van der Waals surface area (Å²) in [5.41, 5.74) is 0. The summed E-state index contributed by atoms with van der Waals surface area (Å²) in [4.78, 5) is 8.69. The second-order valence-corrected chi connectivity index (χ2v) is 9.65. The van der Waals surface area contributed by atoms with Crippen molar-refractivity contribution in [2.45, 2.75) is 39.2 Å². The third kappa shape index (κ3) is 8.93. The van der Waals surface area contributed by atoms with Gasteiger partial charge in [0, 0.05) is 24.5 Å². The van der Waals surface area contributed by atoms with Gasteiger partial charge in [0.2, 0.25) is 10.0 Å². The van der Waals surface area contributed by atoms with Gasteiger partial charge in [-0.05, 0) is 57.6 Å². The van der Waals surface area contributed by atoms with Crippen molar-refractivity contribution in [1.29, 1.82) is 0 Å². The Balaban J connectivity index is 0.00000392. The van der Waals surface area contributed by atoms with Gasteiger partial charge in [0.15, 0.2) is 5.96 Å². The van der Waals surface area contributed by atoms with E-state index in [4.69, 9.17) is 4.99 Å². The molecule has 0 aromatic carbocycles. The second kappa shape index (κ2) is 13.7. The van der Waals surface area contributed by atoms with Gasteiger partial charge in [-0.1, -0.05) is 6.07 Å². The Morgan fingerprint density at radius 1 is 1.25 bits per heavy atom. The van der Waals surface area contributed by atoms with Crippen LogP contribution in [0.25, 0.3) is 0 Å². The van der Waals surface area contributed by atoms with Crippen molar-refractivity contribution in [2.24, 2.45) is 4.99 Å². The molecule has 0 saturated carbocycles. The van der Waals surface area contributed by atoms with Crippen molar-refractivity contribution in [3.8, 4) is 0 Å². The molecule has 28 heavy (non-hydrogen) atoms. The van der Waals surface area contributed by atoms with Gasteiger partial charge in [-0.3, -0.25) is 9.89 Å². The van der Waals surface area contributed by atoms with Crippen molar-refractivity contribution < 1.29 is 8.42 Å². The molecule has 1 aromatic rings. The van der Waals surface area contributed by atoms with E-state index < -0.39 is 10.0 Å². The molecule has 1 aromatic heterocycles. The van der Waals surface area contributed by atoms with Crippen LogP contribution in [0.4, 0.5) is 0 Å². The molecule has 0 aliphatic carbocycles. The quantitative estimate of drug-likeness (QED) is 0.173. The zero-order valence-corrected chi connectivity index (χ0v) is 20.8. The number of thiophene rings is 1. The Labute approximate surface area is 190 Å². The molecular formula is C18H34IN5O2S2. The molecule has 0 bridgehead atoms. The molecule has 1 aliphatic heterocycles. The normalized spacial score (nSPS) is 16.6. The first-order valence-corrected chi connectivity index (χ1v) is 12.4. The van der Waals surface area contributed by atoms with Gasteiger partial charge in [0.25, 0.3) is 0 Å².